The van der Waals surface area contributed by atoms with Crippen LogP contribution in [0.1, 0.15) is 40.5 Å². The summed E-state index contributed by atoms with van der Waals surface area (Å²) in [6, 6.07) is 0. The number of halogens is 2. The minimum Gasteiger partial charge on any atom is -0.444 e. The van der Waals surface area contributed by atoms with E-state index < -0.39 is 23.4 Å². The molecule has 0 bridgehead atoms. The Hall–Kier alpha value is -0.770. The molecule has 19 heavy (non-hydrogen) atoms. The Labute approximate surface area is 119 Å². The lowest BCUT2D eigenvalue weighted by molar-refractivity contribution is 0.0104. The van der Waals surface area contributed by atoms with E-state index in [-0.39, 0.29) is 6.54 Å². The van der Waals surface area contributed by atoms with Gasteiger partial charge in [-0.3, -0.25) is 4.90 Å². The number of carbonyl (C=O) groups excluding carboxylic acids is 1. The van der Waals surface area contributed by atoms with Crippen LogP contribution < -0.4 is 0 Å². The van der Waals surface area contributed by atoms with E-state index in [2.05, 4.69) is 6.58 Å². The van der Waals surface area contributed by atoms with Gasteiger partial charge in [0.05, 0.1) is 12.1 Å². The molecule has 0 aromatic carbocycles. The smallest absolute Gasteiger partial charge is 0.410 e. The van der Waals surface area contributed by atoms with Crippen LogP contribution in [0.15, 0.2) is 12.2 Å². The van der Waals surface area contributed by atoms with E-state index >= 15 is 0 Å². The van der Waals surface area contributed by atoms with Gasteiger partial charge in [0.15, 0.2) is 0 Å². The first-order valence-electron chi connectivity index (χ1n) is 6.45. The Balaban J connectivity index is 2.84. The third kappa shape index (κ3) is 4.37. The van der Waals surface area contributed by atoms with Crippen molar-refractivity contribution in [3.8, 4) is 0 Å². The molecule has 1 saturated heterocycles. The number of rotatable bonds is 3. The van der Waals surface area contributed by atoms with Crippen molar-refractivity contribution < 1.29 is 13.9 Å². The largest absolute Gasteiger partial charge is 0.444 e. The predicted octanol–water partition coefficient (Wildman–Crippen LogP) is 3.91. The van der Waals surface area contributed by atoms with Crippen molar-refractivity contribution in [1.29, 1.82) is 0 Å². The monoisotopic (exact) mass is 291 g/mol. The summed E-state index contributed by atoms with van der Waals surface area (Å²) < 4.78 is 19.0. The second kappa shape index (κ2) is 5.70. The number of amides is 1. The maximum absolute atomic E-state index is 13.7. The van der Waals surface area contributed by atoms with Gasteiger partial charge in [0.25, 0.3) is 0 Å². The highest BCUT2D eigenvalue weighted by Crippen LogP contribution is 2.37. The average molecular weight is 292 g/mol. The molecule has 0 aromatic rings. The third-order valence-electron chi connectivity index (χ3n) is 3.13. The summed E-state index contributed by atoms with van der Waals surface area (Å²) in [6.45, 7) is 11.2. The van der Waals surface area contributed by atoms with E-state index in [1.807, 2.05) is 6.92 Å². The van der Waals surface area contributed by atoms with Gasteiger partial charge in [-0.25, -0.2) is 9.18 Å². The summed E-state index contributed by atoms with van der Waals surface area (Å²) in [4.78, 5) is 13.6. The lowest BCUT2D eigenvalue weighted by Crippen LogP contribution is -2.47. The van der Waals surface area contributed by atoms with Crippen molar-refractivity contribution in [2.24, 2.45) is 0 Å². The molecule has 110 valence electrons. The first kappa shape index (κ1) is 16.3. The van der Waals surface area contributed by atoms with Gasteiger partial charge in [0.2, 0.25) is 0 Å². The summed E-state index contributed by atoms with van der Waals surface area (Å²) in [5, 5.41) is 0. The molecule has 0 aliphatic carbocycles. The lowest BCUT2D eigenvalue weighted by atomic mass is 9.91. The van der Waals surface area contributed by atoms with Gasteiger partial charge < -0.3 is 4.74 Å². The molecule has 1 fully saturated rings. The standard InChI is InChI=1S/C14H23ClFNO2/c1-10(8-15)6-14(5)7-11(16)9-17(14)12(18)19-13(2,3)4/h11H,1,6-9H2,2-5H3/t11?,14-/m1/s1. The lowest BCUT2D eigenvalue weighted by Gasteiger charge is -2.36. The van der Waals surface area contributed by atoms with E-state index in [0.717, 1.165) is 5.57 Å². The zero-order valence-corrected chi connectivity index (χ0v) is 12.9. The normalized spacial score (nSPS) is 27.5. The van der Waals surface area contributed by atoms with Crippen molar-refractivity contribution >= 4 is 17.7 Å². The van der Waals surface area contributed by atoms with E-state index in [1.165, 1.54) is 4.90 Å². The van der Waals surface area contributed by atoms with Crippen LogP contribution >= 0.6 is 11.6 Å². The maximum atomic E-state index is 13.7. The minimum atomic E-state index is -1.03. The van der Waals surface area contributed by atoms with Gasteiger partial charge in [0.1, 0.15) is 11.8 Å². The van der Waals surface area contributed by atoms with Gasteiger partial charge in [-0.05, 0) is 34.1 Å². The highest BCUT2D eigenvalue weighted by Gasteiger charge is 2.46. The molecular formula is C14H23ClFNO2. The van der Waals surface area contributed by atoms with Crippen molar-refractivity contribution in [1.82, 2.24) is 4.90 Å². The number of hydrogen-bond acceptors (Lipinski definition) is 2. The zero-order chi connectivity index (χ0) is 14.8. The Kier molecular flexibility index (Phi) is 4.88. The summed E-state index contributed by atoms with van der Waals surface area (Å²) in [5.41, 5.74) is -0.393. The second-order valence-corrected chi connectivity index (χ2v) is 6.72. The van der Waals surface area contributed by atoms with Crippen LogP contribution in [-0.4, -0.2) is 40.7 Å². The summed E-state index contributed by atoms with van der Waals surface area (Å²) in [7, 11) is 0. The minimum absolute atomic E-state index is 0.0704. The highest BCUT2D eigenvalue weighted by molar-refractivity contribution is 6.19. The predicted molar refractivity (Wildman–Crippen MR) is 75.3 cm³/mol. The van der Waals surface area contributed by atoms with E-state index in [4.69, 9.17) is 16.3 Å². The number of carbonyl (C=O) groups is 1. The molecule has 0 radical (unpaired) electrons. The van der Waals surface area contributed by atoms with Crippen LogP contribution in [0.4, 0.5) is 9.18 Å². The maximum Gasteiger partial charge on any atom is 0.410 e. The van der Waals surface area contributed by atoms with Crippen LogP contribution in [0.3, 0.4) is 0 Å². The van der Waals surface area contributed by atoms with E-state index in [9.17, 15) is 9.18 Å². The van der Waals surface area contributed by atoms with Crippen LogP contribution in [-0.2, 0) is 4.74 Å². The van der Waals surface area contributed by atoms with Crippen molar-refractivity contribution in [3.05, 3.63) is 12.2 Å². The molecule has 1 aliphatic rings. The average Bonchev–Trinajstić information content (AvgIpc) is 2.51. The fraction of sp³-hybridized carbons (Fsp3) is 0.786. The molecule has 0 N–H and O–H groups in total. The fourth-order valence-corrected chi connectivity index (χ4v) is 2.53. The number of nitrogens with zero attached hydrogens (tertiary/aromatic N) is 1. The van der Waals surface area contributed by atoms with Gasteiger partial charge in [-0.1, -0.05) is 12.2 Å². The molecule has 1 unspecified atom stereocenters. The molecule has 3 nitrogen and oxygen atoms in total. The van der Waals surface area contributed by atoms with Gasteiger partial charge in [-0.2, -0.15) is 0 Å². The molecule has 2 atom stereocenters. The molecule has 0 spiro atoms. The van der Waals surface area contributed by atoms with E-state index in [1.54, 1.807) is 20.8 Å². The molecular weight excluding hydrogens is 269 g/mol. The van der Waals surface area contributed by atoms with Gasteiger partial charge >= 0.3 is 6.09 Å². The first-order valence-corrected chi connectivity index (χ1v) is 6.98. The van der Waals surface area contributed by atoms with Crippen LogP contribution in [0.25, 0.3) is 0 Å². The van der Waals surface area contributed by atoms with Crippen molar-refractivity contribution in [3.63, 3.8) is 0 Å². The van der Waals surface area contributed by atoms with Crippen LogP contribution in [0, 0.1) is 0 Å². The van der Waals surface area contributed by atoms with Gasteiger partial charge in [-0.15, -0.1) is 11.6 Å². The molecule has 0 aromatic heterocycles. The molecule has 0 saturated carbocycles. The molecule has 1 heterocycles. The Morgan fingerprint density at radius 3 is 2.63 bits per heavy atom. The summed E-state index contributed by atoms with van der Waals surface area (Å²) >= 11 is 5.73. The molecule has 1 amide bonds. The second-order valence-electron chi connectivity index (χ2n) is 6.45. The highest BCUT2D eigenvalue weighted by atomic mass is 35.5. The number of ether oxygens (including phenoxy) is 1. The quantitative estimate of drug-likeness (QED) is 0.583. The molecule has 5 heteroatoms. The Morgan fingerprint density at radius 2 is 2.16 bits per heavy atom. The number of alkyl halides is 2. The number of likely N-dealkylation sites (tertiary alicyclic amines) is 1. The molecule has 1 aliphatic heterocycles. The molecule has 1 rings (SSSR count). The Morgan fingerprint density at radius 1 is 1.58 bits per heavy atom. The van der Waals surface area contributed by atoms with Crippen molar-refractivity contribution in [2.45, 2.75) is 57.8 Å². The fourth-order valence-electron chi connectivity index (χ4n) is 2.44. The number of hydrogen-bond donors (Lipinski definition) is 0. The van der Waals surface area contributed by atoms with Crippen LogP contribution in [0.2, 0.25) is 0 Å². The van der Waals surface area contributed by atoms with Crippen LogP contribution in [0.5, 0.6) is 0 Å². The zero-order valence-electron chi connectivity index (χ0n) is 12.1. The summed E-state index contributed by atoms with van der Waals surface area (Å²) in [5.74, 6) is 0.314. The van der Waals surface area contributed by atoms with Gasteiger partial charge in [0, 0.05) is 12.3 Å². The Bertz CT molecular complexity index is 367. The first-order chi connectivity index (χ1) is 8.57. The topological polar surface area (TPSA) is 29.5 Å². The summed E-state index contributed by atoms with van der Waals surface area (Å²) in [6.07, 6.45) is -0.712. The SMILES string of the molecule is C=C(CCl)C[C@]1(C)CC(F)CN1C(=O)OC(C)(C)C. The third-order valence-corrected chi connectivity index (χ3v) is 3.51. The van der Waals surface area contributed by atoms with Crippen molar-refractivity contribution in [2.75, 3.05) is 12.4 Å². The van der Waals surface area contributed by atoms with E-state index in [0.29, 0.717) is 18.7 Å².